The first-order valence-electron chi connectivity index (χ1n) is 10.4. The third-order valence-electron chi connectivity index (χ3n) is 6.19. The summed E-state index contributed by atoms with van der Waals surface area (Å²) in [5.74, 6) is -1.76. The maximum absolute atomic E-state index is 12.8. The van der Waals surface area contributed by atoms with Crippen LogP contribution in [0.1, 0.15) is 25.7 Å². The lowest BCUT2D eigenvalue weighted by molar-refractivity contribution is -0.136. The molecule has 0 radical (unpaired) electrons. The first-order chi connectivity index (χ1) is 15.0. The van der Waals surface area contributed by atoms with Gasteiger partial charge in [-0.1, -0.05) is 12.8 Å². The molecule has 2 N–H and O–H groups in total. The predicted octanol–water partition coefficient (Wildman–Crippen LogP) is 1.04. The number of carbonyl (C=O) groups excluding carboxylic acids is 4. The number of amides is 3. The number of benzene rings is 1. The predicted molar refractivity (Wildman–Crippen MR) is 111 cm³/mol. The highest BCUT2D eigenvalue weighted by Crippen LogP contribution is 2.40. The molecule has 3 amide bonds. The monoisotopic (exact) mass is 427 g/mol. The summed E-state index contributed by atoms with van der Waals surface area (Å²) >= 11 is 0. The first kappa shape index (κ1) is 21.0. The van der Waals surface area contributed by atoms with Crippen LogP contribution >= 0.6 is 0 Å². The molecule has 0 spiro atoms. The molecule has 164 valence electrons. The molecule has 9 heteroatoms. The summed E-state index contributed by atoms with van der Waals surface area (Å²) in [6.07, 6.45) is 3.44. The highest BCUT2D eigenvalue weighted by Gasteiger charge is 2.48. The van der Waals surface area contributed by atoms with E-state index in [0.717, 1.165) is 25.7 Å². The lowest BCUT2D eigenvalue weighted by Crippen LogP contribution is -2.31. The van der Waals surface area contributed by atoms with Crippen molar-refractivity contribution in [3.8, 4) is 0 Å². The second kappa shape index (κ2) is 8.50. The molecule has 0 bridgehead atoms. The lowest BCUT2D eigenvalue weighted by Gasteiger charge is -2.19. The number of nitrogens with zero attached hydrogens (tertiary/aromatic N) is 2. The second-order valence-electron chi connectivity index (χ2n) is 7.98. The summed E-state index contributed by atoms with van der Waals surface area (Å²) < 4.78 is 4.77. The van der Waals surface area contributed by atoms with Crippen LogP contribution in [-0.4, -0.2) is 60.5 Å². The number of imide groups is 1. The maximum Gasteiger partial charge on any atom is 0.337 e. The van der Waals surface area contributed by atoms with Crippen LogP contribution in [0.4, 0.5) is 11.4 Å². The molecule has 0 aromatic heterocycles. The molecule has 2 atom stereocenters. The zero-order valence-corrected chi connectivity index (χ0v) is 17.3. The third-order valence-corrected chi connectivity index (χ3v) is 6.19. The van der Waals surface area contributed by atoms with E-state index in [9.17, 15) is 19.2 Å². The number of fused-ring (bicyclic) bond motifs is 1. The van der Waals surface area contributed by atoms with E-state index in [1.165, 1.54) is 16.9 Å². The Hall–Kier alpha value is -3.20. The number of carbonyl (C=O) groups is 4. The van der Waals surface area contributed by atoms with Gasteiger partial charge in [-0.15, -0.1) is 0 Å². The Morgan fingerprint density at radius 1 is 1.10 bits per heavy atom. The Bertz CT molecular complexity index is 930. The molecule has 1 saturated carbocycles. The molecule has 9 nitrogen and oxygen atoms in total. The molecule has 2 heterocycles. The van der Waals surface area contributed by atoms with Crippen LogP contribution in [0.5, 0.6) is 0 Å². The van der Waals surface area contributed by atoms with Gasteiger partial charge in [-0.05, 0) is 37.1 Å². The fourth-order valence-corrected chi connectivity index (χ4v) is 4.60. The van der Waals surface area contributed by atoms with Crippen molar-refractivity contribution in [1.82, 2.24) is 4.90 Å². The lowest BCUT2D eigenvalue weighted by atomic mass is 9.81. The average Bonchev–Trinajstić information content (AvgIpc) is 3.23. The van der Waals surface area contributed by atoms with Crippen molar-refractivity contribution < 1.29 is 29.0 Å². The van der Waals surface area contributed by atoms with Gasteiger partial charge in [-0.25, -0.2) is 4.79 Å². The fraction of sp³-hybridized carbons (Fsp3) is 0.455. The average molecular weight is 427 g/mol. The van der Waals surface area contributed by atoms with Crippen LogP contribution in [0.3, 0.4) is 0 Å². The summed E-state index contributed by atoms with van der Waals surface area (Å²) in [6, 6.07) is 6.61. The summed E-state index contributed by atoms with van der Waals surface area (Å²) in [7, 11) is 1.24. The minimum Gasteiger partial charge on any atom is -0.466 e. The minimum absolute atomic E-state index is 0.0477. The van der Waals surface area contributed by atoms with Crippen molar-refractivity contribution in [3.05, 3.63) is 35.5 Å². The number of hydrogen-bond donors (Lipinski definition) is 2. The molecular weight excluding hydrogens is 402 g/mol. The van der Waals surface area contributed by atoms with Gasteiger partial charge in [0.1, 0.15) is 5.70 Å². The smallest absolute Gasteiger partial charge is 0.337 e. The number of hydrogen-bond acceptors (Lipinski definition) is 7. The van der Waals surface area contributed by atoms with E-state index in [0.29, 0.717) is 11.4 Å². The van der Waals surface area contributed by atoms with Crippen LogP contribution in [0, 0.1) is 11.8 Å². The van der Waals surface area contributed by atoms with Gasteiger partial charge in [0.05, 0.1) is 43.4 Å². The third kappa shape index (κ3) is 3.69. The number of rotatable bonds is 6. The zero-order chi connectivity index (χ0) is 22.1. The number of methoxy groups -OCH3 is 1. The van der Waals surface area contributed by atoms with Gasteiger partial charge < -0.3 is 20.1 Å². The molecule has 2 unspecified atom stereocenters. The van der Waals surface area contributed by atoms with Gasteiger partial charge in [-0.3, -0.25) is 19.3 Å². The number of aliphatic hydroxyl groups is 1. The highest BCUT2D eigenvalue weighted by atomic mass is 16.5. The summed E-state index contributed by atoms with van der Waals surface area (Å²) in [6.45, 7) is -0.0704. The van der Waals surface area contributed by atoms with Gasteiger partial charge in [-0.2, -0.15) is 0 Å². The van der Waals surface area contributed by atoms with Crippen molar-refractivity contribution in [2.75, 3.05) is 37.0 Å². The van der Waals surface area contributed by atoms with Crippen molar-refractivity contribution in [2.24, 2.45) is 11.8 Å². The van der Waals surface area contributed by atoms with Gasteiger partial charge in [0, 0.05) is 12.2 Å². The summed E-state index contributed by atoms with van der Waals surface area (Å²) in [4.78, 5) is 52.9. The summed E-state index contributed by atoms with van der Waals surface area (Å²) in [5.41, 5.74) is 1.29. The van der Waals surface area contributed by atoms with E-state index in [1.807, 2.05) is 0 Å². The zero-order valence-electron chi connectivity index (χ0n) is 17.3. The number of anilines is 2. The van der Waals surface area contributed by atoms with E-state index in [2.05, 4.69) is 5.32 Å². The quantitative estimate of drug-likeness (QED) is 0.515. The largest absolute Gasteiger partial charge is 0.466 e. The Balaban J connectivity index is 1.54. The molecule has 31 heavy (non-hydrogen) atoms. The maximum atomic E-state index is 12.8. The van der Waals surface area contributed by atoms with E-state index >= 15 is 0 Å². The molecule has 2 aliphatic heterocycles. The van der Waals surface area contributed by atoms with E-state index < -0.39 is 11.9 Å². The first-order valence-corrected chi connectivity index (χ1v) is 10.4. The molecule has 3 aliphatic rings. The van der Waals surface area contributed by atoms with Gasteiger partial charge in [0.2, 0.25) is 11.8 Å². The number of nitrogens with one attached hydrogen (secondary N) is 1. The second-order valence-corrected chi connectivity index (χ2v) is 7.98. The van der Waals surface area contributed by atoms with Crippen molar-refractivity contribution in [1.29, 1.82) is 0 Å². The standard InChI is InChI=1S/C22H25N3O6/c1-31-22(30)17-12-24(10-11-26)21(29)18(17)23-13-6-8-14(9-7-13)25-19(27)15-4-2-3-5-16(15)20(25)28/h6-9,15-16,23,26H,2-5,10-12H2,1H3. The molecule has 2 fully saturated rings. The molecule has 4 rings (SSSR count). The molecular formula is C22H25N3O6. The topological polar surface area (TPSA) is 116 Å². The van der Waals surface area contributed by atoms with Crippen molar-refractivity contribution >= 4 is 35.1 Å². The highest BCUT2D eigenvalue weighted by molar-refractivity contribution is 6.22. The van der Waals surface area contributed by atoms with Crippen LogP contribution in [0.15, 0.2) is 35.5 Å². The Morgan fingerprint density at radius 2 is 1.71 bits per heavy atom. The van der Waals surface area contributed by atoms with Crippen LogP contribution < -0.4 is 10.2 Å². The van der Waals surface area contributed by atoms with Crippen molar-refractivity contribution in [3.63, 3.8) is 0 Å². The number of β-amino-alcohol motifs (C(OH)–C–C–N with tert-alkyl or cyclic N) is 1. The SMILES string of the molecule is COC(=O)C1=C(Nc2ccc(N3C(=O)C4CCCCC4C3=O)cc2)C(=O)N(CCO)C1. The number of aliphatic hydroxyl groups excluding tert-OH is 1. The molecule has 1 aromatic rings. The Morgan fingerprint density at radius 3 is 2.26 bits per heavy atom. The van der Waals surface area contributed by atoms with Gasteiger partial charge in [0.15, 0.2) is 0 Å². The normalized spacial score (nSPS) is 23.5. The van der Waals surface area contributed by atoms with Gasteiger partial charge >= 0.3 is 5.97 Å². The van der Waals surface area contributed by atoms with E-state index in [-0.39, 0.29) is 54.6 Å². The van der Waals surface area contributed by atoms with Crippen LogP contribution in [0.25, 0.3) is 0 Å². The number of ether oxygens (including phenoxy) is 1. The fourth-order valence-electron chi connectivity index (χ4n) is 4.60. The van der Waals surface area contributed by atoms with Crippen LogP contribution in [-0.2, 0) is 23.9 Å². The minimum atomic E-state index is -0.622. The Kier molecular flexibility index (Phi) is 5.77. The molecule has 1 aliphatic carbocycles. The molecule has 1 saturated heterocycles. The summed E-state index contributed by atoms with van der Waals surface area (Å²) in [5, 5.41) is 12.1. The van der Waals surface area contributed by atoms with Crippen LogP contribution in [0.2, 0.25) is 0 Å². The van der Waals surface area contributed by atoms with E-state index in [1.54, 1.807) is 24.3 Å². The number of esters is 1. The molecule has 1 aromatic carbocycles. The van der Waals surface area contributed by atoms with Gasteiger partial charge in [0.25, 0.3) is 5.91 Å². The Labute approximate surface area is 179 Å². The van der Waals surface area contributed by atoms with Crippen molar-refractivity contribution in [2.45, 2.75) is 25.7 Å². The van der Waals surface area contributed by atoms with E-state index in [4.69, 9.17) is 9.84 Å².